The summed E-state index contributed by atoms with van der Waals surface area (Å²) in [5.74, 6) is 0.379. The van der Waals surface area contributed by atoms with Gasteiger partial charge in [0, 0.05) is 36.0 Å². The van der Waals surface area contributed by atoms with E-state index in [9.17, 15) is 4.79 Å². The van der Waals surface area contributed by atoms with E-state index in [1.807, 2.05) is 23.0 Å². The smallest absolute Gasteiger partial charge is 0.227 e. The normalized spacial score (nSPS) is 15.8. The van der Waals surface area contributed by atoms with Crippen molar-refractivity contribution in [3.8, 4) is 0 Å². The second-order valence-electron chi connectivity index (χ2n) is 7.95. The maximum absolute atomic E-state index is 11.8. The molecule has 25 heavy (non-hydrogen) atoms. The lowest BCUT2D eigenvalue weighted by atomic mass is 10.1. The van der Waals surface area contributed by atoms with E-state index in [0.29, 0.717) is 0 Å². The predicted molar refractivity (Wildman–Crippen MR) is 100 cm³/mol. The summed E-state index contributed by atoms with van der Waals surface area (Å²) in [7, 11) is 0. The number of carbonyl (C=O) groups excluding carboxylic acids is 1. The van der Waals surface area contributed by atoms with Crippen LogP contribution in [0.15, 0.2) is 36.7 Å². The van der Waals surface area contributed by atoms with E-state index in [-0.39, 0.29) is 23.4 Å². The summed E-state index contributed by atoms with van der Waals surface area (Å²) in [6.45, 7) is 9.35. The Morgan fingerprint density at radius 2 is 1.96 bits per heavy atom. The van der Waals surface area contributed by atoms with Crippen LogP contribution in [-0.2, 0) is 16.9 Å². The standard InChI is InChI=1S/C20H28N4O/c1-14(21-11-15-12-22-24(13-15)20(2,3)4)16-7-9-18(10-8-16)23-19(25)17-5-6-17/h7-10,12-14,17,21H,5-6,11H2,1-4H3,(H,23,25). The van der Waals surface area contributed by atoms with Crippen LogP contribution >= 0.6 is 0 Å². The molecule has 3 rings (SSSR count). The molecule has 2 aromatic rings. The summed E-state index contributed by atoms with van der Waals surface area (Å²) in [5.41, 5.74) is 3.26. The molecule has 0 saturated heterocycles. The Morgan fingerprint density at radius 3 is 2.52 bits per heavy atom. The van der Waals surface area contributed by atoms with Crippen LogP contribution in [0.2, 0.25) is 0 Å². The first-order chi connectivity index (χ1) is 11.8. The van der Waals surface area contributed by atoms with Gasteiger partial charge in [-0.25, -0.2) is 0 Å². The van der Waals surface area contributed by atoms with Crippen LogP contribution in [0.3, 0.4) is 0 Å². The Hall–Kier alpha value is -2.14. The van der Waals surface area contributed by atoms with Crippen LogP contribution < -0.4 is 10.6 Å². The number of anilines is 1. The van der Waals surface area contributed by atoms with Gasteiger partial charge in [-0.3, -0.25) is 9.48 Å². The molecule has 1 aliphatic carbocycles. The van der Waals surface area contributed by atoms with Gasteiger partial charge in [-0.2, -0.15) is 5.10 Å². The molecule has 1 atom stereocenters. The molecule has 134 valence electrons. The number of carbonyl (C=O) groups is 1. The van der Waals surface area contributed by atoms with Crippen LogP contribution in [-0.4, -0.2) is 15.7 Å². The van der Waals surface area contributed by atoms with Crippen molar-refractivity contribution in [2.24, 2.45) is 5.92 Å². The summed E-state index contributed by atoms with van der Waals surface area (Å²) < 4.78 is 1.99. The highest BCUT2D eigenvalue weighted by Gasteiger charge is 2.29. The maximum Gasteiger partial charge on any atom is 0.227 e. The van der Waals surface area contributed by atoms with E-state index in [1.54, 1.807) is 0 Å². The van der Waals surface area contributed by atoms with E-state index < -0.39 is 0 Å². The fourth-order valence-corrected chi connectivity index (χ4v) is 2.65. The zero-order valence-corrected chi connectivity index (χ0v) is 15.5. The monoisotopic (exact) mass is 340 g/mol. The Morgan fingerprint density at radius 1 is 1.28 bits per heavy atom. The van der Waals surface area contributed by atoms with Gasteiger partial charge in [0.1, 0.15) is 0 Å². The van der Waals surface area contributed by atoms with Crippen molar-refractivity contribution in [1.82, 2.24) is 15.1 Å². The van der Waals surface area contributed by atoms with E-state index in [1.165, 1.54) is 11.1 Å². The third-order valence-corrected chi connectivity index (χ3v) is 4.56. The molecular formula is C20H28N4O. The minimum absolute atomic E-state index is 0.00456. The third-order valence-electron chi connectivity index (χ3n) is 4.56. The molecule has 2 N–H and O–H groups in total. The summed E-state index contributed by atoms with van der Waals surface area (Å²) in [6.07, 6.45) is 6.06. The zero-order valence-electron chi connectivity index (χ0n) is 15.5. The van der Waals surface area contributed by atoms with Crippen molar-refractivity contribution in [2.75, 3.05) is 5.32 Å². The fourth-order valence-electron chi connectivity index (χ4n) is 2.65. The van der Waals surface area contributed by atoms with E-state index in [2.05, 4.69) is 61.8 Å². The molecule has 1 aliphatic rings. The lowest BCUT2D eigenvalue weighted by Gasteiger charge is -2.19. The van der Waals surface area contributed by atoms with E-state index in [4.69, 9.17) is 0 Å². The SMILES string of the molecule is CC(NCc1cnn(C(C)(C)C)c1)c1ccc(NC(=O)C2CC2)cc1. The highest BCUT2D eigenvalue weighted by Crippen LogP contribution is 2.30. The highest BCUT2D eigenvalue weighted by atomic mass is 16.2. The van der Waals surface area contributed by atoms with Crippen molar-refractivity contribution in [1.29, 1.82) is 0 Å². The van der Waals surface area contributed by atoms with Gasteiger partial charge in [0.2, 0.25) is 5.91 Å². The Labute approximate surface area is 149 Å². The average Bonchev–Trinajstić information content (AvgIpc) is 3.30. The second-order valence-corrected chi connectivity index (χ2v) is 7.95. The first-order valence-electron chi connectivity index (χ1n) is 9.01. The maximum atomic E-state index is 11.8. The summed E-state index contributed by atoms with van der Waals surface area (Å²) >= 11 is 0. The zero-order chi connectivity index (χ0) is 18.0. The second kappa shape index (κ2) is 7.00. The van der Waals surface area contributed by atoms with Crippen molar-refractivity contribution < 1.29 is 4.79 Å². The van der Waals surface area contributed by atoms with Gasteiger partial charge >= 0.3 is 0 Å². The lowest BCUT2D eigenvalue weighted by Crippen LogP contribution is -2.22. The first-order valence-corrected chi connectivity index (χ1v) is 9.01. The van der Waals surface area contributed by atoms with Crippen molar-refractivity contribution >= 4 is 11.6 Å². The van der Waals surface area contributed by atoms with E-state index >= 15 is 0 Å². The molecule has 0 radical (unpaired) electrons. The van der Waals surface area contributed by atoms with Crippen LogP contribution in [0.25, 0.3) is 0 Å². The molecule has 1 unspecified atom stereocenters. The number of nitrogens with one attached hydrogen (secondary N) is 2. The van der Waals surface area contributed by atoms with E-state index in [0.717, 1.165) is 25.1 Å². The van der Waals surface area contributed by atoms with Crippen LogP contribution in [0.5, 0.6) is 0 Å². The quantitative estimate of drug-likeness (QED) is 0.840. The number of aromatic nitrogens is 2. The average molecular weight is 340 g/mol. The molecule has 0 aliphatic heterocycles. The fraction of sp³-hybridized carbons (Fsp3) is 0.500. The van der Waals surface area contributed by atoms with Crippen molar-refractivity contribution in [3.05, 3.63) is 47.8 Å². The van der Waals surface area contributed by atoms with Crippen LogP contribution in [0, 0.1) is 5.92 Å². The summed E-state index contributed by atoms with van der Waals surface area (Å²) in [4.78, 5) is 11.8. The number of hydrogen-bond acceptors (Lipinski definition) is 3. The highest BCUT2D eigenvalue weighted by molar-refractivity contribution is 5.93. The topological polar surface area (TPSA) is 59.0 Å². The number of hydrogen-bond donors (Lipinski definition) is 2. The van der Waals surface area contributed by atoms with Crippen molar-refractivity contribution in [3.63, 3.8) is 0 Å². The van der Waals surface area contributed by atoms with Gasteiger partial charge < -0.3 is 10.6 Å². The van der Waals surface area contributed by atoms with Gasteiger partial charge in [0.15, 0.2) is 0 Å². The first kappa shape index (κ1) is 17.7. The summed E-state index contributed by atoms with van der Waals surface area (Å²) in [5, 5.41) is 10.9. The Kier molecular flexibility index (Phi) is 4.95. The molecule has 1 aromatic carbocycles. The van der Waals surface area contributed by atoms with Gasteiger partial charge in [0.25, 0.3) is 0 Å². The minimum Gasteiger partial charge on any atom is -0.326 e. The number of amides is 1. The van der Waals surface area contributed by atoms with Crippen LogP contribution in [0.1, 0.15) is 57.7 Å². The lowest BCUT2D eigenvalue weighted by molar-refractivity contribution is -0.117. The molecule has 0 bridgehead atoms. The number of nitrogens with zero attached hydrogens (tertiary/aromatic N) is 2. The molecule has 5 heteroatoms. The van der Waals surface area contributed by atoms with Gasteiger partial charge in [-0.1, -0.05) is 12.1 Å². The number of benzene rings is 1. The molecule has 1 aromatic heterocycles. The molecule has 1 amide bonds. The Bertz CT molecular complexity index is 723. The largest absolute Gasteiger partial charge is 0.326 e. The van der Waals surface area contributed by atoms with Gasteiger partial charge in [0.05, 0.1) is 11.7 Å². The molecule has 5 nitrogen and oxygen atoms in total. The van der Waals surface area contributed by atoms with Crippen LogP contribution in [0.4, 0.5) is 5.69 Å². The number of rotatable bonds is 6. The molecular weight excluding hydrogens is 312 g/mol. The predicted octanol–water partition coefficient (Wildman–Crippen LogP) is 3.84. The molecule has 1 fully saturated rings. The van der Waals surface area contributed by atoms with Gasteiger partial charge in [-0.05, 0) is 58.2 Å². The van der Waals surface area contributed by atoms with Crippen molar-refractivity contribution in [2.45, 2.75) is 58.7 Å². The summed E-state index contributed by atoms with van der Waals surface area (Å²) in [6, 6.07) is 8.32. The minimum atomic E-state index is 0.00456. The molecule has 1 heterocycles. The Balaban J connectivity index is 1.53. The van der Waals surface area contributed by atoms with Gasteiger partial charge in [-0.15, -0.1) is 0 Å². The third kappa shape index (κ3) is 4.69. The molecule has 1 saturated carbocycles. The molecule has 0 spiro atoms.